The summed E-state index contributed by atoms with van der Waals surface area (Å²) in [5.74, 6) is 0.459. The molecule has 0 atom stereocenters. The van der Waals surface area contributed by atoms with E-state index in [0.717, 1.165) is 16.7 Å². The normalized spacial score (nSPS) is 16.2. The lowest BCUT2D eigenvalue weighted by atomic mass is 10.1. The summed E-state index contributed by atoms with van der Waals surface area (Å²) in [6.07, 6.45) is 4.62. The highest BCUT2D eigenvalue weighted by atomic mass is 32.2. The highest BCUT2D eigenvalue weighted by Gasteiger charge is 2.31. The topological polar surface area (TPSA) is 70.8 Å². The third kappa shape index (κ3) is 4.14. The van der Waals surface area contributed by atoms with E-state index in [9.17, 15) is 13.2 Å². The van der Waals surface area contributed by atoms with Crippen LogP contribution in [0.4, 0.5) is 0 Å². The molecule has 3 rings (SSSR count). The third-order valence-corrected chi connectivity index (χ3v) is 6.89. The van der Waals surface area contributed by atoms with Gasteiger partial charge in [0.15, 0.2) is 0 Å². The van der Waals surface area contributed by atoms with Gasteiger partial charge in [0.1, 0.15) is 5.76 Å². The zero-order chi connectivity index (χ0) is 19.6. The average Bonchev–Trinajstić information content (AvgIpc) is 3.12. The second-order valence-electron chi connectivity index (χ2n) is 6.81. The molecule has 0 N–H and O–H groups in total. The van der Waals surface area contributed by atoms with Gasteiger partial charge in [0.25, 0.3) is 0 Å². The summed E-state index contributed by atoms with van der Waals surface area (Å²) >= 11 is 0. The number of carbonyl (C=O) groups is 1. The van der Waals surface area contributed by atoms with E-state index >= 15 is 0 Å². The molecule has 1 aliphatic rings. The molecule has 0 unspecified atom stereocenters. The molecule has 0 aliphatic carbocycles. The molecule has 2 aromatic rings. The number of hydrogen-bond acceptors (Lipinski definition) is 4. The molecule has 1 aromatic carbocycles. The number of rotatable bonds is 4. The van der Waals surface area contributed by atoms with Crippen molar-refractivity contribution in [1.82, 2.24) is 9.21 Å². The maximum absolute atomic E-state index is 13.1. The molecule has 0 bridgehead atoms. The highest BCUT2D eigenvalue weighted by molar-refractivity contribution is 7.89. The largest absolute Gasteiger partial charge is 0.465 e. The van der Waals surface area contributed by atoms with E-state index in [4.69, 9.17) is 4.42 Å². The Balaban J connectivity index is 1.69. The van der Waals surface area contributed by atoms with Gasteiger partial charge in [-0.05, 0) is 50.1 Å². The molecule has 0 radical (unpaired) electrons. The molecule has 1 saturated heterocycles. The van der Waals surface area contributed by atoms with Crippen LogP contribution < -0.4 is 0 Å². The number of hydrogen-bond donors (Lipinski definition) is 0. The van der Waals surface area contributed by atoms with Gasteiger partial charge in [0, 0.05) is 32.3 Å². The van der Waals surface area contributed by atoms with Gasteiger partial charge in [0.05, 0.1) is 11.2 Å². The van der Waals surface area contributed by atoms with Crippen molar-refractivity contribution in [2.45, 2.75) is 25.7 Å². The van der Waals surface area contributed by atoms with Gasteiger partial charge < -0.3 is 9.32 Å². The van der Waals surface area contributed by atoms with E-state index in [1.165, 1.54) is 10.4 Å². The van der Waals surface area contributed by atoms with Crippen LogP contribution in [0.5, 0.6) is 0 Å². The lowest BCUT2D eigenvalue weighted by Crippen LogP contribution is -2.50. The number of sulfonamides is 1. The first-order valence-corrected chi connectivity index (χ1v) is 10.3. The minimum absolute atomic E-state index is 0.147. The van der Waals surface area contributed by atoms with Crippen LogP contribution in [0.3, 0.4) is 0 Å². The molecule has 1 amide bonds. The predicted octanol–water partition coefficient (Wildman–Crippen LogP) is 2.75. The van der Waals surface area contributed by atoms with E-state index < -0.39 is 10.0 Å². The summed E-state index contributed by atoms with van der Waals surface area (Å²) in [5, 5.41) is 0. The standard InChI is InChI=1S/C20H24N2O4S/c1-15-13-16(2)20(17(3)14-15)27(24,25)22-10-8-21(9-11-22)19(23)7-6-18-5-4-12-26-18/h4-7,12-14H,8-11H2,1-3H3/b7-6+. The molecule has 1 aromatic heterocycles. The van der Waals surface area contributed by atoms with Crippen LogP contribution in [0.25, 0.3) is 6.08 Å². The quantitative estimate of drug-likeness (QED) is 0.755. The summed E-state index contributed by atoms with van der Waals surface area (Å²) in [4.78, 5) is 14.3. The van der Waals surface area contributed by atoms with E-state index in [-0.39, 0.29) is 19.0 Å². The lowest BCUT2D eigenvalue weighted by molar-refractivity contribution is -0.127. The first-order chi connectivity index (χ1) is 12.8. The molecule has 27 heavy (non-hydrogen) atoms. The van der Waals surface area contributed by atoms with Crippen molar-refractivity contribution >= 4 is 22.0 Å². The Labute approximate surface area is 160 Å². The minimum atomic E-state index is -3.57. The van der Waals surface area contributed by atoms with Gasteiger partial charge >= 0.3 is 0 Å². The van der Waals surface area contributed by atoms with E-state index in [1.807, 2.05) is 32.9 Å². The molecular formula is C20H24N2O4S. The molecule has 0 saturated carbocycles. The van der Waals surface area contributed by atoms with Gasteiger partial charge in [-0.3, -0.25) is 4.79 Å². The summed E-state index contributed by atoms with van der Waals surface area (Å²) in [7, 11) is -3.57. The number of piperazine rings is 1. The van der Waals surface area contributed by atoms with Crippen molar-refractivity contribution in [2.75, 3.05) is 26.2 Å². The Kier molecular flexibility index (Phi) is 5.53. The van der Waals surface area contributed by atoms with Gasteiger partial charge in [-0.15, -0.1) is 0 Å². The number of amides is 1. The minimum Gasteiger partial charge on any atom is -0.465 e. The maximum atomic E-state index is 13.1. The van der Waals surface area contributed by atoms with Crippen LogP contribution in [0.15, 0.2) is 45.9 Å². The molecule has 1 aliphatic heterocycles. The van der Waals surface area contributed by atoms with Gasteiger partial charge in [-0.1, -0.05) is 17.7 Å². The SMILES string of the molecule is Cc1cc(C)c(S(=O)(=O)N2CCN(C(=O)/C=C/c3ccco3)CC2)c(C)c1. The van der Waals surface area contributed by atoms with Crippen molar-refractivity contribution in [3.63, 3.8) is 0 Å². The van der Waals surface area contributed by atoms with E-state index in [2.05, 4.69) is 0 Å². The molecule has 6 nitrogen and oxygen atoms in total. The van der Waals surface area contributed by atoms with Crippen molar-refractivity contribution < 1.29 is 17.6 Å². The van der Waals surface area contributed by atoms with Gasteiger partial charge in [-0.25, -0.2) is 8.42 Å². The smallest absolute Gasteiger partial charge is 0.246 e. The average molecular weight is 388 g/mol. The van der Waals surface area contributed by atoms with Crippen LogP contribution in [0, 0.1) is 20.8 Å². The van der Waals surface area contributed by atoms with Gasteiger partial charge in [0.2, 0.25) is 15.9 Å². The summed E-state index contributed by atoms with van der Waals surface area (Å²) in [6, 6.07) is 7.29. The van der Waals surface area contributed by atoms with E-state index in [0.29, 0.717) is 23.7 Å². The van der Waals surface area contributed by atoms with Crippen LogP contribution in [0.1, 0.15) is 22.5 Å². The van der Waals surface area contributed by atoms with Crippen LogP contribution in [-0.2, 0) is 14.8 Å². The summed E-state index contributed by atoms with van der Waals surface area (Å²) in [5.41, 5.74) is 2.56. The molecule has 7 heteroatoms. The Morgan fingerprint density at radius 1 is 1.07 bits per heavy atom. The van der Waals surface area contributed by atoms with Crippen LogP contribution in [0.2, 0.25) is 0 Å². The van der Waals surface area contributed by atoms with Crippen LogP contribution in [-0.4, -0.2) is 49.7 Å². The Morgan fingerprint density at radius 2 is 1.70 bits per heavy atom. The molecule has 2 heterocycles. The number of furan rings is 1. The summed E-state index contributed by atoms with van der Waals surface area (Å²) < 4.78 is 32.8. The lowest BCUT2D eigenvalue weighted by Gasteiger charge is -2.34. The van der Waals surface area contributed by atoms with Crippen molar-refractivity contribution in [1.29, 1.82) is 0 Å². The second kappa shape index (κ2) is 7.70. The Morgan fingerprint density at radius 3 is 2.26 bits per heavy atom. The zero-order valence-electron chi connectivity index (χ0n) is 15.8. The number of nitrogens with zero attached hydrogens (tertiary/aromatic N) is 2. The van der Waals surface area contributed by atoms with Crippen molar-refractivity contribution in [3.8, 4) is 0 Å². The Bertz CT molecular complexity index is 931. The fourth-order valence-corrected chi connectivity index (χ4v) is 5.33. The monoisotopic (exact) mass is 388 g/mol. The van der Waals surface area contributed by atoms with Gasteiger partial charge in [-0.2, -0.15) is 4.31 Å². The molecule has 1 fully saturated rings. The Hall–Kier alpha value is -2.38. The second-order valence-corrected chi connectivity index (χ2v) is 8.68. The fraction of sp³-hybridized carbons (Fsp3) is 0.350. The number of aryl methyl sites for hydroxylation is 3. The highest BCUT2D eigenvalue weighted by Crippen LogP contribution is 2.26. The fourth-order valence-electron chi connectivity index (χ4n) is 3.50. The molecule has 0 spiro atoms. The number of benzene rings is 1. The third-order valence-electron chi connectivity index (χ3n) is 4.69. The van der Waals surface area contributed by atoms with Crippen LogP contribution >= 0.6 is 0 Å². The molecular weight excluding hydrogens is 364 g/mol. The summed E-state index contributed by atoms with van der Waals surface area (Å²) in [6.45, 7) is 6.91. The van der Waals surface area contributed by atoms with Crippen molar-refractivity contribution in [2.24, 2.45) is 0 Å². The van der Waals surface area contributed by atoms with E-state index in [1.54, 1.807) is 29.4 Å². The maximum Gasteiger partial charge on any atom is 0.246 e. The first-order valence-electron chi connectivity index (χ1n) is 8.87. The zero-order valence-corrected chi connectivity index (χ0v) is 16.6. The molecule has 144 valence electrons. The number of carbonyl (C=O) groups excluding carboxylic acids is 1. The first kappa shape index (κ1) is 19.4. The predicted molar refractivity (Wildman–Crippen MR) is 104 cm³/mol. The van der Waals surface area contributed by atoms with Crippen molar-refractivity contribution in [3.05, 3.63) is 59.1 Å².